The highest BCUT2D eigenvalue weighted by Gasteiger charge is 2.19. The molecule has 8 heteroatoms. The molecule has 0 atom stereocenters. The van der Waals surface area contributed by atoms with E-state index in [0.29, 0.717) is 16.8 Å². The van der Waals surface area contributed by atoms with Crippen LogP contribution < -0.4 is 10.6 Å². The monoisotopic (exact) mass is 352 g/mol. The van der Waals surface area contributed by atoms with Gasteiger partial charge in [-0.05, 0) is 51.0 Å². The number of hydrogen-bond donors (Lipinski definition) is 3. The number of aliphatic carboxylic acids is 1. The van der Waals surface area contributed by atoms with Gasteiger partial charge in [0.1, 0.15) is 5.60 Å². The zero-order valence-corrected chi connectivity index (χ0v) is 15.1. The Morgan fingerprint density at radius 3 is 2.36 bits per heavy atom. The van der Waals surface area contributed by atoms with Gasteiger partial charge in [0.05, 0.1) is 19.2 Å². The molecule has 1 aromatic rings. The summed E-state index contributed by atoms with van der Waals surface area (Å²) < 4.78 is 9.93. The van der Waals surface area contributed by atoms with Crippen molar-refractivity contribution in [3.8, 4) is 0 Å². The summed E-state index contributed by atoms with van der Waals surface area (Å²) in [4.78, 5) is 34.5. The minimum atomic E-state index is -0.992. The maximum atomic E-state index is 12.0. The SMILES string of the molecule is COC(=O)c1cc(CNCC(=O)O)c(C)c(NC(=O)OC(C)(C)C)c1. The summed E-state index contributed by atoms with van der Waals surface area (Å²) in [6.07, 6.45) is -0.651. The highest BCUT2D eigenvalue weighted by molar-refractivity contribution is 5.93. The van der Waals surface area contributed by atoms with Gasteiger partial charge in [0.2, 0.25) is 0 Å². The van der Waals surface area contributed by atoms with Gasteiger partial charge in [-0.15, -0.1) is 0 Å². The second-order valence-corrected chi connectivity index (χ2v) is 6.42. The number of benzene rings is 1. The minimum absolute atomic E-state index is 0.214. The van der Waals surface area contributed by atoms with Gasteiger partial charge in [-0.1, -0.05) is 0 Å². The molecule has 1 amide bonds. The summed E-state index contributed by atoms with van der Waals surface area (Å²) in [7, 11) is 1.26. The normalized spacial score (nSPS) is 10.9. The summed E-state index contributed by atoms with van der Waals surface area (Å²) in [5.41, 5.74) is 1.33. The first kappa shape index (κ1) is 20.4. The van der Waals surface area contributed by atoms with Crippen molar-refractivity contribution in [1.29, 1.82) is 0 Å². The van der Waals surface area contributed by atoms with E-state index in [0.717, 1.165) is 0 Å². The molecule has 0 radical (unpaired) electrons. The van der Waals surface area contributed by atoms with E-state index in [1.807, 2.05) is 0 Å². The first-order valence-electron chi connectivity index (χ1n) is 7.68. The van der Waals surface area contributed by atoms with Crippen molar-refractivity contribution in [3.63, 3.8) is 0 Å². The number of amides is 1. The lowest BCUT2D eigenvalue weighted by atomic mass is 10.0. The molecule has 1 aromatic carbocycles. The molecule has 0 bridgehead atoms. The molecular weight excluding hydrogens is 328 g/mol. The van der Waals surface area contributed by atoms with Crippen LogP contribution in [0.15, 0.2) is 12.1 Å². The molecule has 0 unspecified atom stereocenters. The Hall–Kier alpha value is -2.61. The fourth-order valence-corrected chi connectivity index (χ4v) is 2.04. The van der Waals surface area contributed by atoms with Gasteiger partial charge in [0.25, 0.3) is 0 Å². The maximum absolute atomic E-state index is 12.0. The topological polar surface area (TPSA) is 114 Å². The molecule has 1 rings (SSSR count). The van der Waals surface area contributed by atoms with Crippen LogP contribution in [0.2, 0.25) is 0 Å². The predicted octanol–water partition coefficient (Wildman–Crippen LogP) is 2.30. The molecule has 0 heterocycles. The second-order valence-electron chi connectivity index (χ2n) is 6.42. The fourth-order valence-electron chi connectivity index (χ4n) is 2.04. The van der Waals surface area contributed by atoms with Gasteiger partial charge < -0.3 is 19.9 Å². The number of anilines is 1. The van der Waals surface area contributed by atoms with Crippen LogP contribution in [-0.2, 0) is 20.8 Å². The third kappa shape index (κ3) is 6.80. The van der Waals surface area contributed by atoms with E-state index in [4.69, 9.17) is 14.6 Å². The van der Waals surface area contributed by atoms with E-state index in [9.17, 15) is 14.4 Å². The van der Waals surface area contributed by atoms with Crippen molar-refractivity contribution in [2.75, 3.05) is 19.0 Å². The van der Waals surface area contributed by atoms with Gasteiger partial charge in [-0.3, -0.25) is 10.1 Å². The Kier molecular flexibility index (Phi) is 6.93. The predicted molar refractivity (Wildman–Crippen MR) is 91.7 cm³/mol. The van der Waals surface area contributed by atoms with Gasteiger partial charge >= 0.3 is 18.0 Å². The van der Waals surface area contributed by atoms with Crippen molar-refractivity contribution >= 4 is 23.7 Å². The van der Waals surface area contributed by atoms with Crippen LogP contribution in [-0.4, -0.2) is 42.4 Å². The molecule has 0 saturated heterocycles. The number of methoxy groups -OCH3 is 1. The molecule has 0 aliphatic carbocycles. The van der Waals surface area contributed by atoms with E-state index in [2.05, 4.69) is 10.6 Å². The van der Waals surface area contributed by atoms with Gasteiger partial charge in [0.15, 0.2) is 0 Å². The Morgan fingerprint density at radius 1 is 1.20 bits per heavy atom. The molecule has 0 aromatic heterocycles. The van der Waals surface area contributed by atoms with Crippen LogP contribution in [0, 0.1) is 6.92 Å². The molecule has 3 N–H and O–H groups in total. The number of ether oxygens (including phenoxy) is 2. The first-order chi connectivity index (χ1) is 11.5. The summed E-state index contributed by atoms with van der Waals surface area (Å²) >= 11 is 0. The number of carbonyl (C=O) groups excluding carboxylic acids is 2. The zero-order chi connectivity index (χ0) is 19.2. The maximum Gasteiger partial charge on any atom is 0.412 e. The Bertz CT molecular complexity index is 664. The average Bonchev–Trinajstić information content (AvgIpc) is 2.47. The lowest BCUT2D eigenvalue weighted by Crippen LogP contribution is -2.28. The molecule has 0 spiro atoms. The standard InChI is InChI=1S/C17H24N2O6/c1-10-12(8-18-9-14(20)21)6-11(15(22)24-5)7-13(10)19-16(23)25-17(2,3)4/h6-7,18H,8-9H2,1-5H3,(H,19,23)(H,20,21). The number of hydrogen-bond acceptors (Lipinski definition) is 6. The van der Waals surface area contributed by atoms with E-state index >= 15 is 0 Å². The highest BCUT2D eigenvalue weighted by Crippen LogP contribution is 2.23. The lowest BCUT2D eigenvalue weighted by Gasteiger charge is -2.21. The summed E-state index contributed by atoms with van der Waals surface area (Å²) in [6, 6.07) is 3.09. The van der Waals surface area contributed by atoms with Crippen LogP contribution in [0.1, 0.15) is 42.3 Å². The molecule has 0 aliphatic heterocycles. The van der Waals surface area contributed by atoms with Crippen LogP contribution in [0.4, 0.5) is 10.5 Å². The number of carboxylic acid groups (broad SMARTS) is 1. The fraction of sp³-hybridized carbons (Fsp3) is 0.471. The Morgan fingerprint density at radius 2 is 1.84 bits per heavy atom. The summed E-state index contributed by atoms with van der Waals surface area (Å²) in [6.45, 7) is 6.97. The largest absolute Gasteiger partial charge is 0.480 e. The summed E-state index contributed by atoms with van der Waals surface area (Å²) in [5, 5.41) is 14.1. The van der Waals surface area contributed by atoms with Crippen molar-refractivity contribution < 1.29 is 29.0 Å². The van der Waals surface area contributed by atoms with Gasteiger partial charge in [0, 0.05) is 12.2 Å². The molecule has 25 heavy (non-hydrogen) atoms. The quantitative estimate of drug-likeness (QED) is 0.673. The van der Waals surface area contributed by atoms with E-state index in [1.54, 1.807) is 33.8 Å². The van der Waals surface area contributed by atoms with Crippen molar-refractivity contribution in [2.24, 2.45) is 0 Å². The lowest BCUT2D eigenvalue weighted by molar-refractivity contribution is -0.136. The number of carbonyl (C=O) groups is 3. The van der Waals surface area contributed by atoms with Gasteiger partial charge in [-0.25, -0.2) is 9.59 Å². The molecule has 0 saturated carbocycles. The molecular formula is C17H24N2O6. The smallest absolute Gasteiger partial charge is 0.412 e. The third-order valence-electron chi connectivity index (χ3n) is 3.16. The van der Waals surface area contributed by atoms with Crippen molar-refractivity contribution in [1.82, 2.24) is 5.32 Å². The Balaban J connectivity index is 3.10. The van der Waals surface area contributed by atoms with Gasteiger partial charge in [-0.2, -0.15) is 0 Å². The van der Waals surface area contributed by atoms with E-state index in [-0.39, 0.29) is 18.7 Å². The minimum Gasteiger partial charge on any atom is -0.480 e. The van der Waals surface area contributed by atoms with E-state index < -0.39 is 23.6 Å². The van der Waals surface area contributed by atoms with Crippen molar-refractivity contribution in [3.05, 3.63) is 28.8 Å². The molecule has 138 valence electrons. The van der Waals surface area contributed by atoms with E-state index in [1.165, 1.54) is 13.2 Å². The van der Waals surface area contributed by atoms with Crippen LogP contribution in [0.5, 0.6) is 0 Å². The number of nitrogens with one attached hydrogen (secondary N) is 2. The summed E-state index contributed by atoms with van der Waals surface area (Å²) in [5.74, 6) is -1.55. The number of carboxylic acids is 1. The first-order valence-corrected chi connectivity index (χ1v) is 7.68. The van der Waals surface area contributed by atoms with Crippen LogP contribution in [0.3, 0.4) is 0 Å². The highest BCUT2D eigenvalue weighted by atomic mass is 16.6. The molecule has 8 nitrogen and oxygen atoms in total. The molecule has 0 fully saturated rings. The van der Waals surface area contributed by atoms with Crippen LogP contribution in [0.25, 0.3) is 0 Å². The molecule has 0 aliphatic rings. The number of esters is 1. The second kappa shape index (κ2) is 8.48. The third-order valence-corrected chi connectivity index (χ3v) is 3.16. The average molecular weight is 352 g/mol. The van der Waals surface area contributed by atoms with Crippen molar-refractivity contribution in [2.45, 2.75) is 39.8 Å². The number of rotatable bonds is 6. The zero-order valence-electron chi connectivity index (χ0n) is 15.1. The Labute approximate surface area is 146 Å². The van der Waals surface area contributed by atoms with Crippen LogP contribution >= 0.6 is 0 Å².